The van der Waals surface area contributed by atoms with Gasteiger partial charge in [-0.2, -0.15) is 0 Å². The summed E-state index contributed by atoms with van der Waals surface area (Å²) in [5, 5.41) is 8.83. The fraction of sp³-hybridized carbons (Fsp3) is 0.857. The molecule has 0 aliphatic heterocycles. The zero-order valence-corrected chi connectivity index (χ0v) is 26.8. The lowest BCUT2D eigenvalue weighted by Gasteiger charge is -2.29. The molecule has 0 rings (SSSR count). The highest BCUT2D eigenvalue weighted by Crippen LogP contribution is 2.09. The molecular weight excluding hydrogens is 532 g/mol. The van der Waals surface area contributed by atoms with Crippen LogP contribution in [-0.4, -0.2) is 129 Å². The van der Waals surface area contributed by atoms with Crippen LogP contribution in [0.4, 0.5) is 0 Å². The lowest BCUT2D eigenvalue weighted by Crippen LogP contribution is -2.46. The minimum absolute atomic E-state index is 0.0469. The predicted octanol–water partition coefficient (Wildman–Crippen LogP) is -0.130. The molecular formula is C28H56N6O7. The number of carbonyl (C=O) groups excluding carboxylic acids is 4. The van der Waals surface area contributed by atoms with Crippen LogP contribution in [0.15, 0.2) is 0 Å². The molecule has 0 fully saturated rings. The molecule has 13 heteroatoms. The maximum absolute atomic E-state index is 12.6. The van der Waals surface area contributed by atoms with Gasteiger partial charge in [-0.3, -0.25) is 29.0 Å². The van der Waals surface area contributed by atoms with Crippen molar-refractivity contribution in [3.63, 3.8) is 0 Å². The zero-order valence-electron chi connectivity index (χ0n) is 26.8. The summed E-state index contributed by atoms with van der Waals surface area (Å²) in [6.45, 7) is 20.1. The van der Waals surface area contributed by atoms with Crippen molar-refractivity contribution >= 4 is 23.8 Å². The van der Waals surface area contributed by atoms with Crippen LogP contribution in [0.2, 0.25) is 0 Å². The van der Waals surface area contributed by atoms with Crippen LogP contribution < -0.4 is 21.7 Å². The summed E-state index contributed by atoms with van der Waals surface area (Å²) in [6, 6.07) is 0. The van der Waals surface area contributed by atoms with Gasteiger partial charge in [0, 0.05) is 52.4 Å². The van der Waals surface area contributed by atoms with Crippen LogP contribution in [-0.2, 0) is 33.4 Å². The number of esters is 3. The van der Waals surface area contributed by atoms with Gasteiger partial charge in [-0.25, -0.2) is 0 Å². The number of rotatable bonds is 19. The first kappa shape index (κ1) is 38.7. The quantitative estimate of drug-likeness (QED) is 0.0899. The third kappa shape index (κ3) is 25.1. The highest BCUT2D eigenvalue weighted by Gasteiger charge is 2.22. The van der Waals surface area contributed by atoms with Crippen molar-refractivity contribution in [3.8, 4) is 0 Å². The Labute approximate surface area is 246 Å². The Morgan fingerprint density at radius 2 is 0.976 bits per heavy atom. The van der Waals surface area contributed by atoms with E-state index < -0.39 is 16.8 Å². The van der Waals surface area contributed by atoms with Gasteiger partial charge in [-0.05, 0) is 62.3 Å². The Morgan fingerprint density at radius 3 is 1.37 bits per heavy atom. The Hall–Kier alpha value is -2.32. The van der Waals surface area contributed by atoms with E-state index in [9.17, 15) is 19.2 Å². The van der Waals surface area contributed by atoms with Gasteiger partial charge < -0.3 is 35.9 Å². The van der Waals surface area contributed by atoms with Crippen molar-refractivity contribution in [2.75, 3.05) is 78.5 Å². The Bertz CT molecular complexity index is 803. The lowest BCUT2D eigenvalue weighted by molar-refractivity contribution is -0.158. The zero-order chi connectivity index (χ0) is 31.7. The Kier molecular flexibility index (Phi) is 17.9. The van der Waals surface area contributed by atoms with E-state index in [4.69, 9.17) is 19.9 Å². The van der Waals surface area contributed by atoms with Gasteiger partial charge >= 0.3 is 17.9 Å². The molecule has 0 unspecified atom stereocenters. The third-order valence-corrected chi connectivity index (χ3v) is 4.93. The molecule has 5 N–H and O–H groups in total. The Morgan fingerprint density at radius 1 is 0.585 bits per heavy atom. The van der Waals surface area contributed by atoms with Gasteiger partial charge in [0.2, 0.25) is 5.91 Å². The fourth-order valence-corrected chi connectivity index (χ4v) is 3.45. The van der Waals surface area contributed by atoms with Crippen molar-refractivity contribution in [2.24, 2.45) is 5.73 Å². The van der Waals surface area contributed by atoms with Gasteiger partial charge in [-0.15, -0.1) is 0 Å². The molecule has 0 aromatic rings. The van der Waals surface area contributed by atoms with E-state index in [2.05, 4.69) is 16.0 Å². The number of ether oxygens (including phenoxy) is 3. The van der Waals surface area contributed by atoms with Gasteiger partial charge in [0.05, 0.1) is 26.2 Å². The topological polar surface area (TPSA) is 165 Å². The largest absolute Gasteiger partial charge is 0.459 e. The van der Waals surface area contributed by atoms with E-state index in [-0.39, 0.29) is 50.0 Å². The minimum Gasteiger partial charge on any atom is -0.459 e. The predicted molar refractivity (Wildman–Crippen MR) is 158 cm³/mol. The van der Waals surface area contributed by atoms with E-state index in [0.717, 1.165) is 0 Å². The molecule has 0 bridgehead atoms. The number of hydrogen-bond acceptors (Lipinski definition) is 12. The first-order chi connectivity index (χ1) is 18.8. The van der Waals surface area contributed by atoms with Gasteiger partial charge in [0.1, 0.15) is 16.8 Å². The molecule has 0 heterocycles. The standard InChI is InChI=1S/C28H56N6O7/c1-26(2,3)39-23(36)19-31-13-15-34(21-25(38)41-28(7,8)9)17-16-33(20-24(37)40-27(4,5)6)14-12-30-18-22(35)32-11-10-29/h30-31H,10-21,29H2,1-9H3,(H,32,35). The normalized spacial score (nSPS) is 12.4. The average Bonchev–Trinajstić information content (AvgIpc) is 2.77. The molecule has 0 saturated heterocycles. The van der Waals surface area contributed by atoms with Crippen molar-refractivity contribution in [1.29, 1.82) is 0 Å². The van der Waals surface area contributed by atoms with E-state index in [1.807, 2.05) is 72.1 Å². The van der Waals surface area contributed by atoms with Crippen molar-refractivity contribution in [2.45, 2.75) is 79.1 Å². The first-order valence-electron chi connectivity index (χ1n) is 14.3. The molecule has 13 nitrogen and oxygen atoms in total. The second-order valence-corrected chi connectivity index (χ2v) is 12.8. The molecule has 0 aliphatic carbocycles. The molecule has 0 atom stereocenters. The van der Waals surface area contributed by atoms with Gasteiger partial charge in [-0.1, -0.05) is 0 Å². The molecule has 0 aromatic carbocycles. The van der Waals surface area contributed by atoms with Crippen LogP contribution in [0.25, 0.3) is 0 Å². The molecule has 1 amide bonds. The maximum atomic E-state index is 12.6. The second-order valence-electron chi connectivity index (χ2n) is 12.8. The first-order valence-corrected chi connectivity index (χ1v) is 14.3. The summed E-state index contributed by atoms with van der Waals surface area (Å²) in [5.74, 6) is -1.25. The van der Waals surface area contributed by atoms with E-state index in [0.29, 0.717) is 52.4 Å². The molecule has 0 saturated carbocycles. The number of amides is 1. The highest BCUT2D eigenvalue weighted by molar-refractivity contribution is 5.78. The van der Waals surface area contributed by atoms with Crippen LogP contribution in [0.1, 0.15) is 62.3 Å². The monoisotopic (exact) mass is 588 g/mol. The summed E-state index contributed by atoms with van der Waals surface area (Å²) in [4.78, 5) is 52.8. The van der Waals surface area contributed by atoms with Crippen LogP contribution >= 0.6 is 0 Å². The summed E-state index contributed by atoms with van der Waals surface area (Å²) < 4.78 is 16.3. The molecule has 0 aliphatic rings. The maximum Gasteiger partial charge on any atom is 0.320 e. The summed E-state index contributed by atoms with van der Waals surface area (Å²) in [5.41, 5.74) is 3.60. The fourth-order valence-electron chi connectivity index (χ4n) is 3.45. The van der Waals surface area contributed by atoms with Crippen molar-refractivity contribution in [1.82, 2.24) is 25.8 Å². The van der Waals surface area contributed by atoms with Gasteiger partial charge in [0.15, 0.2) is 0 Å². The third-order valence-electron chi connectivity index (χ3n) is 4.93. The van der Waals surface area contributed by atoms with Crippen LogP contribution in [0.5, 0.6) is 0 Å². The SMILES string of the molecule is CC(C)(C)OC(=O)CNCCN(CCN(CCNCC(=O)NCCN)CC(=O)OC(C)(C)C)CC(=O)OC(C)(C)C. The molecule has 0 spiro atoms. The summed E-state index contributed by atoms with van der Waals surface area (Å²) in [6.07, 6.45) is 0. The van der Waals surface area contributed by atoms with Crippen molar-refractivity contribution < 1.29 is 33.4 Å². The number of nitrogens with zero attached hydrogens (tertiary/aromatic N) is 2. The van der Waals surface area contributed by atoms with Crippen LogP contribution in [0, 0.1) is 0 Å². The number of hydrogen-bond donors (Lipinski definition) is 4. The van der Waals surface area contributed by atoms with E-state index >= 15 is 0 Å². The number of nitrogens with one attached hydrogen (secondary N) is 3. The molecule has 41 heavy (non-hydrogen) atoms. The summed E-state index contributed by atoms with van der Waals surface area (Å²) >= 11 is 0. The summed E-state index contributed by atoms with van der Waals surface area (Å²) in [7, 11) is 0. The van der Waals surface area contributed by atoms with Crippen LogP contribution in [0.3, 0.4) is 0 Å². The van der Waals surface area contributed by atoms with E-state index in [1.54, 1.807) is 0 Å². The molecule has 0 aromatic heterocycles. The average molecular weight is 589 g/mol. The molecule has 240 valence electrons. The number of carbonyl (C=O) groups is 4. The number of nitrogens with two attached hydrogens (primary N) is 1. The lowest BCUT2D eigenvalue weighted by atomic mass is 10.2. The van der Waals surface area contributed by atoms with E-state index in [1.165, 1.54) is 0 Å². The van der Waals surface area contributed by atoms with Crippen molar-refractivity contribution in [3.05, 3.63) is 0 Å². The Balaban J connectivity index is 5.21. The highest BCUT2D eigenvalue weighted by atomic mass is 16.6. The molecule has 0 radical (unpaired) electrons. The minimum atomic E-state index is -0.622. The van der Waals surface area contributed by atoms with Gasteiger partial charge in [0.25, 0.3) is 0 Å². The second kappa shape index (κ2) is 19.0. The smallest absolute Gasteiger partial charge is 0.320 e.